The molecule has 0 unspecified atom stereocenters. The highest BCUT2D eigenvalue weighted by Gasteiger charge is 2.27. The minimum absolute atomic E-state index is 0.153. The van der Waals surface area contributed by atoms with E-state index in [1.165, 1.54) is 17.8 Å². The van der Waals surface area contributed by atoms with Gasteiger partial charge in [-0.05, 0) is 19.1 Å². The van der Waals surface area contributed by atoms with Crippen molar-refractivity contribution in [3.05, 3.63) is 27.9 Å². The Morgan fingerprint density at radius 2 is 2.14 bits per heavy atom. The van der Waals surface area contributed by atoms with Crippen LogP contribution in [0.1, 0.15) is 29.2 Å². The zero-order valence-corrected chi connectivity index (χ0v) is 12.6. The van der Waals surface area contributed by atoms with Gasteiger partial charge in [-0.3, -0.25) is 14.4 Å². The molecule has 1 saturated heterocycles. The van der Waals surface area contributed by atoms with E-state index in [-0.39, 0.29) is 29.0 Å². The molecule has 0 radical (unpaired) electrons. The monoisotopic (exact) mass is 310 g/mol. The normalized spacial score (nSPS) is 16.0. The largest absolute Gasteiger partial charge is 0.369 e. The number of likely N-dealkylation sites (tertiary alicyclic amines) is 1. The van der Waals surface area contributed by atoms with Crippen LogP contribution in [0.4, 0.5) is 0 Å². The quantitative estimate of drug-likeness (QED) is 0.811. The number of nitrogens with one attached hydrogen (secondary N) is 1. The van der Waals surface area contributed by atoms with E-state index in [4.69, 9.17) is 5.73 Å². The summed E-state index contributed by atoms with van der Waals surface area (Å²) in [7, 11) is 0. The number of carbonyl (C=O) groups excluding carboxylic acids is 2. The van der Waals surface area contributed by atoms with Crippen LogP contribution < -0.4 is 11.3 Å². The molecular weight excluding hydrogens is 292 g/mol. The van der Waals surface area contributed by atoms with E-state index in [1.54, 1.807) is 4.90 Å². The fourth-order valence-electron chi connectivity index (χ4n) is 2.35. The van der Waals surface area contributed by atoms with Gasteiger partial charge in [-0.1, -0.05) is 0 Å². The second-order valence-corrected chi connectivity index (χ2v) is 5.85. The molecule has 1 aromatic rings. The molecule has 1 fully saturated rings. The van der Waals surface area contributed by atoms with Crippen molar-refractivity contribution in [3.8, 4) is 0 Å². The van der Waals surface area contributed by atoms with E-state index in [2.05, 4.69) is 9.97 Å². The molecule has 114 valence electrons. The Labute approximate surface area is 126 Å². The molecule has 21 heavy (non-hydrogen) atoms. The van der Waals surface area contributed by atoms with Crippen LogP contribution in [0.25, 0.3) is 0 Å². The molecule has 1 aromatic heterocycles. The van der Waals surface area contributed by atoms with Crippen LogP contribution in [-0.2, 0) is 10.5 Å². The van der Waals surface area contributed by atoms with Gasteiger partial charge in [0.2, 0.25) is 5.91 Å². The first-order valence-corrected chi connectivity index (χ1v) is 8.08. The van der Waals surface area contributed by atoms with Gasteiger partial charge in [0.15, 0.2) is 0 Å². The molecule has 3 N–H and O–H groups in total. The summed E-state index contributed by atoms with van der Waals surface area (Å²) in [5.74, 6) is 0.267. The molecule has 0 aliphatic carbocycles. The van der Waals surface area contributed by atoms with E-state index in [0.29, 0.717) is 37.5 Å². The average Bonchev–Trinajstić information content (AvgIpc) is 2.46. The van der Waals surface area contributed by atoms with E-state index in [9.17, 15) is 14.4 Å². The number of nitrogens with zero attached hydrogens (tertiary/aromatic N) is 2. The number of rotatable bonds is 4. The number of hydrogen-bond acceptors (Lipinski definition) is 5. The van der Waals surface area contributed by atoms with Crippen molar-refractivity contribution in [1.29, 1.82) is 0 Å². The Hall–Kier alpha value is -1.83. The molecule has 0 aromatic carbocycles. The minimum Gasteiger partial charge on any atom is -0.369 e. The summed E-state index contributed by atoms with van der Waals surface area (Å²) in [6.07, 6.45) is 3.01. The summed E-state index contributed by atoms with van der Waals surface area (Å²) >= 11 is 1.51. The van der Waals surface area contributed by atoms with Crippen LogP contribution in [0, 0.1) is 5.92 Å². The third-order valence-corrected chi connectivity index (χ3v) is 4.04. The van der Waals surface area contributed by atoms with E-state index < -0.39 is 0 Å². The molecule has 0 atom stereocenters. The summed E-state index contributed by atoms with van der Waals surface area (Å²) in [6.45, 7) is 0.914. The van der Waals surface area contributed by atoms with Crippen LogP contribution in [0.15, 0.2) is 10.9 Å². The summed E-state index contributed by atoms with van der Waals surface area (Å²) in [6, 6.07) is 1.21. The molecule has 2 rings (SSSR count). The first-order valence-electron chi connectivity index (χ1n) is 6.69. The van der Waals surface area contributed by atoms with Gasteiger partial charge in [-0.15, -0.1) is 0 Å². The van der Waals surface area contributed by atoms with Crippen molar-refractivity contribution in [2.75, 3.05) is 19.3 Å². The maximum Gasteiger partial charge on any atom is 0.272 e. The molecule has 0 saturated carbocycles. The summed E-state index contributed by atoms with van der Waals surface area (Å²) < 4.78 is 0. The molecule has 7 nitrogen and oxygen atoms in total. The fourth-order valence-corrected chi connectivity index (χ4v) is 2.76. The first kappa shape index (κ1) is 15.6. The van der Waals surface area contributed by atoms with Crippen molar-refractivity contribution >= 4 is 23.6 Å². The molecule has 0 bridgehead atoms. The van der Waals surface area contributed by atoms with Crippen LogP contribution in [0.5, 0.6) is 0 Å². The Kier molecular flexibility index (Phi) is 5.00. The van der Waals surface area contributed by atoms with Crippen molar-refractivity contribution in [1.82, 2.24) is 14.9 Å². The standard InChI is InChI=1S/C13H18N4O3S/c1-21-7-10-15-9(6-11(18)16-10)13(20)17-4-2-8(3-5-17)12(14)19/h6,8H,2-5,7H2,1H3,(H2,14,19)(H,15,16,18). The van der Waals surface area contributed by atoms with Gasteiger partial charge in [0.1, 0.15) is 11.5 Å². The molecule has 1 aliphatic heterocycles. The van der Waals surface area contributed by atoms with Gasteiger partial charge in [-0.2, -0.15) is 11.8 Å². The van der Waals surface area contributed by atoms with Crippen molar-refractivity contribution in [2.45, 2.75) is 18.6 Å². The predicted octanol–water partition coefficient (Wildman–Crippen LogP) is -0.0296. The van der Waals surface area contributed by atoms with E-state index in [0.717, 1.165) is 0 Å². The van der Waals surface area contributed by atoms with E-state index >= 15 is 0 Å². The highest BCUT2D eigenvalue weighted by atomic mass is 32.2. The van der Waals surface area contributed by atoms with Gasteiger partial charge >= 0.3 is 0 Å². The van der Waals surface area contributed by atoms with Crippen LogP contribution in [0.3, 0.4) is 0 Å². The SMILES string of the molecule is CSCc1nc(C(=O)N2CCC(C(N)=O)CC2)cc(=O)[nH]1. The van der Waals surface area contributed by atoms with Crippen molar-refractivity contribution in [3.63, 3.8) is 0 Å². The third kappa shape index (κ3) is 3.84. The number of aromatic nitrogens is 2. The Morgan fingerprint density at radius 3 is 2.71 bits per heavy atom. The van der Waals surface area contributed by atoms with Gasteiger partial charge < -0.3 is 15.6 Å². The number of amides is 2. The molecular formula is C13H18N4O3S. The highest BCUT2D eigenvalue weighted by molar-refractivity contribution is 7.97. The predicted molar refractivity (Wildman–Crippen MR) is 79.9 cm³/mol. The maximum atomic E-state index is 12.4. The Bertz CT molecular complexity index is 593. The van der Waals surface area contributed by atoms with E-state index in [1.807, 2.05) is 6.26 Å². The minimum atomic E-state index is -0.329. The summed E-state index contributed by atoms with van der Waals surface area (Å²) in [4.78, 5) is 43.5. The van der Waals surface area contributed by atoms with Gasteiger partial charge in [0, 0.05) is 25.1 Å². The van der Waals surface area contributed by atoms with Crippen molar-refractivity contribution < 1.29 is 9.59 Å². The lowest BCUT2D eigenvalue weighted by Crippen LogP contribution is -2.42. The van der Waals surface area contributed by atoms with Crippen LogP contribution in [-0.4, -0.2) is 46.0 Å². The third-order valence-electron chi connectivity index (χ3n) is 3.48. The molecule has 2 heterocycles. The molecule has 2 amide bonds. The smallest absolute Gasteiger partial charge is 0.272 e. The topological polar surface area (TPSA) is 109 Å². The fraction of sp³-hybridized carbons (Fsp3) is 0.538. The lowest BCUT2D eigenvalue weighted by Gasteiger charge is -2.30. The van der Waals surface area contributed by atoms with Crippen molar-refractivity contribution in [2.24, 2.45) is 11.7 Å². The second kappa shape index (κ2) is 6.75. The average molecular weight is 310 g/mol. The summed E-state index contributed by atoms with van der Waals surface area (Å²) in [5.41, 5.74) is 5.09. The molecule has 8 heteroatoms. The highest BCUT2D eigenvalue weighted by Crippen LogP contribution is 2.18. The zero-order chi connectivity index (χ0) is 15.4. The first-order chi connectivity index (χ1) is 10.0. The molecule has 0 spiro atoms. The zero-order valence-electron chi connectivity index (χ0n) is 11.8. The Balaban J connectivity index is 2.10. The number of H-pyrrole nitrogens is 1. The molecule has 1 aliphatic rings. The second-order valence-electron chi connectivity index (χ2n) is 4.98. The lowest BCUT2D eigenvalue weighted by atomic mass is 9.96. The van der Waals surface area contributed by atoms with Crippen LogP contribution in [0.2, 0.25) is 0 Å². The number of thioether (sulfide) groups is 1. The maximum absolute atomic E-state index is 12.4. The number of carbonyl (C=O) groups is 2. The summed E-state index contributed by atoms with van der Waals surface area (Å²) in [5, 5.41) is 0. The lowest BCUT2D eigenvalue weighted by molar-refractivity contribution is -0.123. The van der Waals surface area contributed by atoms with Gasteiger partial charge in [0.25, 0.3) is 11.5 Å². The number of nitrogens with two attached hydrogens (primary N) is 1. The van der Waals surface area contributed by atoms with Gasteiger partial charge in [0.05, 0.1) is 5.75 Å². The number of hydrogen-bond donors (Lipinski definition) is 2. The number of aromatic amines is 1. The number of piperidine rings is 1. The van der Waals surface area contributed by atoms with Gasteiger partial charge in [-0.25, -0.2) is 4.98 Å². The van der Waals surface area contributed by atoms with Crippen LogP contribution >= 0.6 is 11.8 Å². The Morgan fingerprint density at radius 1 is 1.48 bits per heavy atom. The number of primary amides is 1.